The number of fused-ring (bicyclic) bond motifs is 2. The number of hydrogen-bond acceptors (Lipinski definition) is 9. The van der Waals surface area contributed by atoms with E-state index < -0.39 is 34.3 Å². The first-order valence-corrected chi connectivity index (χ1v) is 14.9. The molecule has 1 aliphatic rings. The first-order chi connectivity index (χ1) is 22.2. The minimum atomic E-state index is -0.926. The molecule has 0 saturated heterocycles. The summed E-state index contributed by atoms with van der Waals surface area (Å²) in [5.74, 6) is -1.69. The highest BCUT2D eigenvalue weighted by atomic mass is 32.1. The molecule has 46 heavy (non-hydrogen) atoms. The number of ether oxygens (including phenoxy) is 2. The Morgan fingerprint density at radius 3 is 2.43 bits per heavy atom. The Morgan fingerprint density at radius 2 is 1.74 bits per heavy atom. The minimum Gasteiger partial charge on any atom is -0.463 e. The molecular formula is C34H24FN3O7S. The van der Waals surface area contributed by atoms with Gasteiger partial charge in [0.2, 0.25) is 0 Å². The third-order valence-corrected chi connectivity index (χ3v) is 8.41. The van der Waals surface area contributed by atoms with Gasteiger partial charge in [0.25, 0.3) is 11.2 Å². The van der Waals surface area contributed by atoms with Crippen LogP contribution in [0.3, 0.4) is 0 Å². The summed E-state index contributed by atoms with van der Waals surface area (Å²) in [5, 5.41) is 12.6. The second-order valence-corrected chi connectivity index (χ2v) is 11.3. The van der Waals surface area contributed by atoms with E-state index in [2.05, 4.69) is 4.99 Å². The van der Waals surface area contributed by atoms with Crippen LogP contribution >= 0.6 is 11.3 Å². The van der Waals surface area contributed by atoms with Crippen molar-refractivity contribution in [2.24, 2.45) is 4.99 Å². The normalized spacial score (nSPS) is 14.5. The van der Waals surface area contributed by atoms with Crippen LogP contribution in [0.2, 0.25) is 0 Å². The van der Waals surface area contributed by atoms with E-state index in [4.69, 9.17) is 9.47 Å². The van der Waals surface area contributed by atoms with Crippen LogP contribution in [0.5, 0.6) is 5.75 Å². The summed E-state index contributed by atoms with van der Waals surface area (Å²) in [4.78, 5) is 55.8. The van der Waals surface area contributed by atoms with E-state index in [0.717, 1.165) is 16.7 Å². The molecule has 5 aromatic rings. The van der Waals surface area contributed by atoms with Crippen molar-refractivity contribution in [2.45, 2.75) is 19.9 Å². The van der Waals surface area contributed by atoms with Crippen LogP contribution < -0.4 is 19.6 Å². The van der Waals surface area contributed by atoms with E-state index >= 15 is 0 Å². The molecular weight excluding hydrogens is 613 g/mol. The van der Waals surface area contributed by atoms with E-state index in [1.54, 1.807) is 32.1 Å². The smallest absolute Gasteiger partial charge is 0.343 e. The molecule has 10 nitrogen and oxygen atoms in total. The fourth-order valence-electron chi connectivity index (χ4n) is 5.27. The summed E-state index contributed by atoms with van der Waals surface area (Å²) in [6.07, 6.45) is 1.61. The zero-order chi connectivity index (χ0) is 32.5. The van der Waals surface area contributed by atoms with Gasteiger partial charge in [0.05, 0.1) is 38.9 Å². The Bertz CT molecular complexity index is 2260. The van der Waals surface area contributed by atoms with Crippen molar-refractivity contribution in [1.29, 1.82) is 0 Å². The van der Waals surface area contributed by atoms with Gasteiger partial charge in [-0.1, -0.05) is 53.8 Å². The summed E-state index contributed by atoms with van der Waals surface area (Å²) >= 11 is 1.09. The van der Waals surface area contributed by atoms with Gasteiger partial charge in [-0.05, 0) is 66.6 Å². The lowest BCUT2D eigenvalue weighted by molar-refractivity contribution is -0.384. The summed E-state index contributed by atoms with van der Waals surface area (Å²) in [6, 6.07) is 20.4. The number of thiazole rings is 1. The lowest BCUT2D eigenvalue weighted by atomic mass is 9.96. The molecule has 1 aliphatic heterocycles. The van der Waals surface area contributed by atoms with E-state index in [0.29, 0.717) is 27.0 Å². The molecule has 6 rings (SSSR count). The van der Waals surface area contributed by atoms with Gasteiger partial charge in [0.1, 0.15) is 11.6 Å². The second kappa shape index (κ2) is 12.3. The van der Waals surface area contributed by atoms with Crippen molar-refractivity contribution in [3.05, 3.63) is 149 Å². The van der Waals surface area contributed by atoms with Crippen LogP contribution in [0, 0.1) is 15.9 Å². The third kappa shape index (κ3) is 5.61. The van der Waals surface area contributed by atoms with Gasteiger partial charge in [-0.25, -0.2) is 19.0 Å². The number of non-ortho nitro benzene ring substituents is 1. The van der Waals surface area contributed by atoms with Crippen molar-refractivity contribution in [1.82, 2.24) is 4.57 Å². The Kier molecular flexibility index (Phi) is 8.12. The predicted octanol–water partition coefficient (Wildman–Crippen LogP) is 5.22. The van der Waals surface area contributed by atoms with E-state index in [9.17, 15) is 28.9 Å². The molecule has 2 heterocycles. The molecule has 0 saturated carbocycles. The van der Waals surface area contributed by atoms with Gasteiger partial charge in [0.15, 0.2) is 4.80 Å². The molecule has 4 aromatic carbocycles. The largest absolute Gasteiger partial charge is 0.463 e. The summed E-state index contributed by atoms with van der Waals surface area (Å²) in [5.41, 5.74) is 0.934. The fraction of sp³-hybridized carbons (Fsp3) is 0.118. The topological polar surface area (TPSA) is 130 Å². The predicted molar refractivity (Wildman–Crippen MR) is 169 cm³/mol. The maximum Gasteiger partial charge on any atom is 0.343 e. The minimum absolute atomic E-state index is 0.102. The zero-order valence-corrected chi connectivity index (χ0v) is 25.2. The van der Waals surface area contributed by atoms with Crippen molar-refractivity contribution in [3.63, 3.8) is 0 Å². The molecule has 1 aromatic heterocycles. The first kappa shape index (κ1) is 30.3. The standard InChI is InChI=1S/C34H24FN3O7S/c1-3-44-33(41)29-19(2)36-34-37(30(29)21-8-13-23(35)14-9-21)31(39)28(46-34)18-26-25-7-5-4-6-20(25)12-17-27(26)45-32(40)22-10-15-24(16-11-22)38(42)43/h4-18,30H,3H2,1-2H3/b28-18-/t30-/m1/s1. The molecule has 0 radical (unpaired) electrons. The van der Waals surface area contributed by atoms with Crippen LogP contribution in [-0.4, -0.2) is 28.0 Å². The number of hydrogen-bond donors (Lipinski definition) is 0. The van der Waals surface area contributed by atoms with E-state index in [1.165, 1.54) is 53.1 Å². The monoisotopic (exact) mass is 637 g/mol. The number of nitro groups is 1. The number of allylic oxidation sites excluding steroid dienone is 1. The number of aromatic nitrogens is 1. The second-order valence-electron chi connectivity index (χ2n) is 10.2. The summed E-state index contributed by atoms with van der Waals surface area (Å²) < 4.78 is 26.6. The van der Waals surface area contributed by atoms with Crippen molar-refractivity contribution in [2.75, 3.05) is 6.61 Å². The van der Waals surface area contributed by atoms with E-state index in [-0.39, 0.29) is 33.7 Å². The molecule has 0 aliphatic carbocycles. The Labute approximate surface area is 264 Å². The van der Waals surface area contributed by atoms with Crippen LogP contribution in [0.4, 0.5) is 10.1 Å². The molecule has 0 spiro atoms. The first-order valence-electron chi connectivity index (χ1n) is 14.1. The van der Waals surface area contributed by atoms with Gasteiger partial charge < -0.3 is 9.47 Å². The Balaban J connectivity index is 1.51. The summed E-state index contributed by atoms with van der Waals surface area (Å²) in [7, 11) is 0. The maximum atomic E-state index is 14.1. The van der Waals surface area contributed by atoms with Gasteiger partial charge in [-0.3, -0.25) is 19.5 Å². The van der Waals surface area contributed by atoms with Crippen molar-refractivity contribution < 1.29 is 28.4 Å². The number of carbonyl (C=O) groups is 2. The number of rotatable bonds is 7. The SMILES string of the molecule is CCOC(=O)C1=C(C)N=c2s/c(=C\c3c(OC(=O)c4ccc([N+](=O)[O-])cc4)ccc4ccccc34)c(=O)n2[C@@H]1c1ccc(F)cc1. The molecule has 0 N–H and O–H groups in total. The summed E-state index contributed by atoms with van der Waals surface area (Å²) in [6.45, 7) is 3.44. The van der Waals surface area contributed by atoms with Gasteiger partial charge >= 0.3 is 11.9 Å². The number of nitrogens with zero attached hydrogens (tertiary/aromatic N) is 3. The van der Waals surface area contributed by atoms with Crippen molar-refractivity contribution >= 4 is 45.8 Å². The fourth-order valence-corrected chi connectivity index (χ4v) is 6.30. The van der Waals surface area contributed by atoms with Crippen LogP contribution in [-0.2, 0) is 9.53 Å². The lowest BCUT2D eigenvalue weighted by Gasteiger charge is -2.24. The highest BCUT2D eigenvalue weighted by Crippen LogP contribution is 2.32. The highest BCUT2D eigenvalue weighted by Gasteiger charge is 2.33. The molecule has 0 amide bonds. The number of carbonyl (C=O) groups excluding carboxylic acids is 2. The number of benzene rings is 4. The van der Waals surface area contributed by atoms with Gasteiger partial charge in [0, 0.05) is 17.7 Å². The molecule has 12 heteroatoms. The van der Waals surface area contributed by atoms with Crippen LogP contribution in [0.1, 0.15) is 41.4 Å². The Hall–Kier alpha value is -5.75. The van der Waals surface area contributed by atoms with Crippen molar-refractivity contribution in [3.8, 4) is 5.75 Å². The van der Waals surface area contributed by atoms with Crippen LogP contribution in [0.15, 0.2) is 106 Å². The van der Waals surface area contributed by atoms with Gasteiger partial charge in [-0.2, -0.15) is 0 Å². The van der Waals surface area contributed by atoms with Crippen LogP contribution in [0.25, 0.3) is 16.8 Å². The zero-order valence-electron chi connectivity index (χ0n) is 24.4. The molecule has 0 fully saturated rings. The quantitative estimate of drug-likeness (QED) is 0.104. The lowest BCUT2D eigenvalue weighted by Crippen LogP contribution is -2.40. The highest BCUT2D eigenvalue weighted by molar-refractivity contribution is 7.07. The third-order valence-electron chi connectivity index (χ3n) is 7.43. The average molecular weight is 638 g/mol. The van der Waals surface area contributed by atoms with Gasteiger partial charge in [-0.15, -0.1) is 0 Å². The Morgan fingerprint density at radius 1 is 1.02 bits per heavy atom. The molecule has 230 valence electrons. The molecule has 0 unspecified atom stereocenters. The number of esters is 2. The van der Waals surface area contributed by atoms with E-state index in [1.807, 2.05) is 24.3 Å². The average Bonchev–Trinajstić information content (AvgIpc) is 3.35. The molecule has 1 atom stereocenters. The number of nitro benzene ring substituents is 1. The number of halogens is 1. The maximum absolute atomic E-state index is 14.1. The molecule has 0 bridgehead atoms.